The molecule has 2 N–H and O–H groups in total. The zero-order valence-electron chi connectivity index (χ0n) is 26.7. The first kappa shape index (κ1) is 28.1. The highest BCUT2D eigenvalue weighted by atomic mass is 14.6. The van der Waals surface area contributed by atoms with Crippen LogP contribution in [-0.4, -0.2) is 0 Å². The van der Waals surface area contributed by atoms with Crippen LogP contribution in [0.3, 0.4) is 0 Å². The number of anilines is 1. The van der Waals surface area contributed by atoms with Crippen LogP contribution >= 0.6 is 0 Å². The second-order valence-electron chi connectivity index (χ2n) is 12.8. The van der Waals surface area contributed by atoms with Crippen LogP contribution in [0.15, 0.2) is 170 Å². The summed E-state index contributed by atoms with van der Waals surface area (Å²) in [5.74, 6) is 0. The minimum absolute atomic E-state index is 0.789. The van der Waals surface area contributed by atoms with Crippen molar-refractivity contribution in [2.75, 3.05) is 5.73 Å². The topological polar surface area (TPSA) is 26.0 Å². The molecular formula is C47H33N. The van der Waals surface area contributed by atoms with E-state index in [9.17, 15) is 0 Å². The fourth-order valence-electron chi connectivity index (χ4n) is 7.55. The molecule has 9 aromatic carbocycles. The summed E-state index contributed by atoms with van der Waals surface area (Å²) in [5, 5.41) is 9.93. The number of aryl methyl sites for hydroxylation is 1. The number of hydrogen-bond donors (Lipinski definition) is 1. The quantitative estimate of drug-likeness (QED) is 0.155. The zero-order valence-corrected chi connectivity index (χ0v) is 26.7. The molecule has 0 atom stereocenters. The molecule has 0 unspecified atom stereocenters. The van der Waals surface area contributed by atoms with Crippen LogP contribution in [0.2, 0.25) is 0 Å². The summed E-state index contributed by atoms with van der Waals surface area (Å²) in [6, 6.07) is 61.5. The van der Waals surface area contributed by atoms with E-state index in [1.165, 1.54) is 70.9 Å². The third-order valence-corrected chi connectivity index (χ3v) is 9.83. The molecule has 0 aliphatic heterocycles. The van der Waals surface area contributed by atoms with Crippen molar-refractivity contribution in [2.45, 2.75) is 6.92 Å². The van der Waals surface area contributed by atoms with E-state index in [4.69, 9.17) is 5.73 Å². The third-order valence-electron chi connectivity index (χ3n) is 9.83. The largest absolute Gasteiger partial charge is 0.398 e. The molecule has 0 saturated carbocycles. The predicted molar refractivity (Wildman–Crippen MR) is 207 cm³/mol. The molecule has 0 spiro atoms. The second-order valence-corrected chi connectivity index (χ2v) is 12.8. The molecule has 0 fully saturated rings. The highest BCUT2D eigenvalue weighted by Gasteiger charge is 2.19. The first-order chi connectivity index (χ1) is 23.6. The van der Waals surface area contributed by atoms with E-state index in [-0.39, 0.29) is 0 Å². The normalized spacial score (nSPS) is 11.5. The summed E-state index contributed by atoms with van der Waals surface area (Å²) < 4.78 is 0. The second kappa shape index (κ2) is 11.3. The maximum atomic E-state index is 7.28. The Morgan fingerprint density at radius 1 is 0.292 bits per heavy atom. The van der Waals surface area contributed by atoms with E-state index in [1.54, 1.807) is 0 Å². The van der Waals surface area contributed by atoms with E-state index in [0.29, 0.717) is 0 Å². The van der Waals surface area contributed by atoms with Crippen LogP contribution in [0.5, 0.6) is 0 Å². The molecule has 0 saturated heterocycles. The van der Waals surface area contributed by atoms with E-state index in [1.807, 2.05) is 0 Å². The van der Waals surface area contributed by atoms with Gasteiger partial charge >= 0.3 is 0 Å². The van der Waals surface area contributed by atoms with Gasteiger partial charge in [-0.25, -0.2) is 0 Å². The minimum Gasteiger partial charge on any atom is -0.398 e. The Labute approximate surface area is 280 Å². The van der Waals surface area contributed by atoms with Gasteiger partial charge in [-0.15, -0.1) is 0 Å². The molecule has 48 heavy (non-hydrogen) atoms. The highest BCUT2D eigenvalue weighted by Crippen LogP contribution is 2.45. The summed E-state index contributed by atoms with van der Waals surface area (Å²) in [5.41, 5.74) is 18.4. The Bertz CT molecular complexity index is 2510. The van der Waals surface area contributed by atoms with Crippen molar-refractivity contribution in [3.05, 3.63) is 175 Å². The lowest BCUT2D eigenvalue weighted by molar-refractivity contribution is 1.46. The van der Waals surface area contributed by atoms with Crippen molar-refractivity contribution in [2.24, 2.45) is 0 Å². The Kier molecular flexibility index (Phi) is 6.59. The van der Waals surface area contributed by atoms with Crippen molar-refractivity contribution >= 4 is 48.8 Å². The van der Waals surface area contributed by atoms with Crippen molar-refractivity contribution in [1.29, 1.82) is 0 Å². The van der Waals surface area contributed by atoms with Crippen molar-refractivity contribution in [3.63, 3.8) is 0 Å². The number of fused-ring (bicyclic) bond motifs is 4. The van der Waals surface area contributed by atoms with Crippen LogP contribution in [-0.2, 0) is 0 Å². The van der Waals surface area contributed by atoms with Gasteiger partial charge in [0.2, 0.25) is 0 Å². The average molecular weight is 612 g/mol. The monoisotopic (exact) mass is 611 g/mol. The van der Waals surface area contributed by atoms with Gasteiger partial charge in [0, 0.05) is 16.8 Å². The minimum atomic E-state index is 0.789. The molecule has 0 bridgehead atoms. The van der Waals surface area contributed by atoms with E-state index in [2.05, 4.69) is 177 Å². The molecule has 0 radical (unpaired) electrons. The lowest BCUT2D eigenvalue weighted by atomic mass is 9.85. The van der Waals surface area contributed by atoms with Crippen LogP contribution in [0, 0.1) is 6.92 Å². The van der Waals surface area contributed by atoms with E-state index in [0.717, 1.165) is 27.9 Å². The molecule has 0 aromatic heterocycles. The van der Waals surface area contributed by atoms with Gasteiger partial charge in [0.1, 0.15) is 0 Å². The first-order valence-corrected chi connectivity index (χ1v) is 16.6. The van der Waals surface area contributed by atoms with Gasteiger partial charge in [-0.1, -0.05) is 133 Å². The molecule has 0 aliphatic carbocycles. The SMILES string of the molecule is Cc1cc(-c2ccccc2-c2cccc3cc4ccccc4cc23)c(N)c(-c2ccccc2-c2cccc3cc4ccccc4cc23)c1. The van der Waals surface area contributed by atoms with Gasteiger partial charge in [0.25, 0.3) is 0 Å². The Morgan fingerprint density at radius 2 is 0.604 bits per heavy atom. The molecule has 1 nitrogen and oxygen atoms in total. The summed E-state index contributed by atoms with van der Waals surface area (Å²) in [6.07, 6.45) is 0. The molecule has 1 heteroatoms. The van der Waals surface area contributed by atoms with Crippen LogP contribution < -0.4 is 5.73 Å². The molecule has 226 valence electrons. The molecule has 0 amide bonds. The van der Waals surface area contributed by atoms with Crippen molar-refractivity contribution in [1.82, 2.24) is 0 Å². The number of rotatable bonds is 4. The molecule has 0 heterocycles. The number of nitrogens with two attached hydrogens (primary N) is 1. The Balaban J connectivity index is 1.24. The highest BCUT2D eigenvalue weighted by molar-refractivity contribution is 6.10. The Morgan fingerprint density at radius 3 is 1.02 bits per heavy atom. The predicted octanol–water partition coefficient (Wildman–Crippen LogP) is 12.9. The van der Waals surface area contributed by atoms with E-state index < -0.39 is 0 Å². The third kappa shape index (κ3) is 4.63. The lowest BCUT2D eigenvalue weighted by Crippen LogP contribution is -1.98. The maximum absolute atomic E-state index is 7.28. The maximum Gasteiger partial charge on any atom is 0.0474 e. The van der Waals surface area contributed by atoms with Crippen LogP contribution in [0.25, 0.3) is 87.6 Å². The van der Waals surface area contributed by atoms with Gasteiger partial charge in [0.15, 0.2) is 0 Å². The van der Waals surface area contributed by atoms with E-state index >= 15 is 0 Å². The smallest absolute Gasteiger partial charge is 0.0474 e. The summed E-state index contributed by atoms with van der Waals surface area (Å²) in [6.45, 7) is 2.17. The summed E-state index contributed by atoms with van der Waals surface area (Å²) in [4.78, 5) is 0. The average Bonchev–Trinajstić information content (AvgIpc) is 3.13. The lowest BCUT2D eigenvalue weighted by Gasteiger charge is -2.20. The van der Waals surface area contributed by atoms with Gasteiger partial charge in [0.05, 0.1) is 0 Å². The van der Waals surface area contributed by atoms with Crippen molar-refractivity contribution in [3.8, 4) is 44.5 Å². The molecular weight excluding hydrogens is 579 g/mol. The number of nitrogen functional groups attached to an aromatic ring is 1. The number of benzene rings is 9. The molecule has 9 aromatic rings. The first-order valence-electron chi connectivity index (χ1n) is 16.6. The van der Waals surface area contributed by atoms with Gasteiger partial charge < -0.3 is 5.73 Å². The van der Waals surface area contributed by atoms with Crippen molar-refractivity contribution < 1.29 is 0 Å². The molecule has 0 aliphatic rings. The molecule has 9 rings (SSSR count). The van der Waals surface area contributed by atoms with Crippen LogP contribution in [0.1, 0.15) is 5.56 Å². The van der Waals surface area contributed by atoms with Gasteiger partial charge in [-0.2, -0.15) is 0 Å². The van der Waals surface area contributed by atoms with Gasteiger partial charge in [-0.05, 0) is 125 Å². The Hall–Kier alpha value is -6.18. The summed E-state index contributed by atoms with van der Waals surface area (Å²) >= 11 is 0. The summed E-state index contributed by atoms with van der Waals surface area (Å²) in [7, 11) is 0. The van der Waals surface area contributed by atoms with Gasteiger partial charge in [-0.3, -0.25) is 0 Å². The zero-order chi connectivity index (χ0) is 32.2. The standard InChI is InChI=1S/C47H33N/c1-30-24-45(41-20-8-6-18-37(41)39-22-10-16-35-26-31-12-2-4-14-33(31)28-43(35)39)47(48)46(25-30)42-21-9-7-19-38(42)40-23-11-17-36-27-32-13-3-5-15-34(32)29-44(36)40/h2-29H,48H2,1H3. The van der Waals surface area contributed by atoms with Crippen LogP contribution in [0.4, 0.5) is 5.69 Å². The fraction of sp³-hybridized carbons (Fsp3) is 0.0213. The number of hydrogen-bond acceptors (Lipinski definition) is 1. The fourth-order valence-corrected chi connectivity index (χ4v) is 7.55.